The molecule has 0 spiro atoms. The minimum Gasteiger partial charge on any atom is -0.496 e. The van der Waals surface area contributed by atoms with E-state index in [9.17, 15) is 4.79 Å². The number of aryl methyl sites for hydroxylation is 2. The fourth-order valence-electron chi connectivity index (χ4n) is 3.80. The topological polar surface area (TPSA) is 54.6 Å². The summed E-state index contributed by atoms with van der Waals surface area (Å²) in [6.07, 6.45) is 0.822. The van der Waals surface area contributed by atoms with Crippen LogP contribution in [0.1, 0.15) is 22.4 Å². The molecule has 0 radical (unpaired) electrons. The molecule has 0 saturated carbocycles. The quantitative estimate of drug-likeness (QED) is 0.767. The molecule has 2 heterocycles. The number of amides is 1. The number of ether oxygens (including phenoxy) is 2. The molecule has 1 aromatic heterocycles. The first-order chi connectivity index (χ1) is 13.1. The van der Waals surface area contributed by atoms with E-state index in [2.05, 4.69) is 11.9 Å². The highest BCUT2D eigenvalue weighted by Crippen LogP contribution is 2.35. The Labute approximate surface area is 158 Å². The third kappa shape index (κ3) is 3.25. The van der Waals surface area contributed by atoms with Crippen LogP contribution in [0.2, 0.25) is 0 Å². The number of nitrogens with one attached hydrogen (secondary N) is 1. The predicted molar refractivity (Wildman–Crippen MR) is 105 cm³/mol. The van der Waals surface area contributed by atoms with Crippen molar-refractivity contribution in [1.82, 2.24) is 9.88 Å². The number of benzene rings is 2. The number of nitrogens with zero attached hydrogens (tertiary/aromatic N) is 1. The molecule has 1 N–H and O–H groups in total. The lowest BCUT2D eigenvalue weighted by atomic mass is 10.0. The van der Waals surface area contributed by atoms with Crippen LogP contribution in [-0.2, 0) is 17.8 Å². The molecule has 4 rings (SSSR count). The van der Waals surface area contributed by atoms with E-state index in [1.165, 1.54) is 16.5 Å². The van der Waals surface area contributed by atoms with Gasteiger partial charge < -0.3 is 19.4 Å². The van der Waals surface area contributed by atoms with Gasteiger partial charge >= 0.3 is 0 Å². The Bertz CT molecular complexity index is 989. The van der Waals surface area contributed by atoms with Crippen molar-refractivity contribution >= 4 is 16.8 Å². The van der Waals surface area contributed by atoms with Gasteiger partial charge in [-0.3, -0.25) is 4.79 Å². The van der Waals surface area contributed by atoms with Crippen molar-refractivity contribution in [3.63, 3.8) is 0 Å². The summed E-state index contributed by atoms with van der Waals surface area (Å²) in [5.41, 5.74) is 5.76. The first-order valence-corrected chi connectivity index (χ1v) is 9.21. The van der Waals surface area contributed by atoms with E-state index in [1.54, 1.807) is 7.11 Å². The van der Waals surface area contributed by atoms with Gasteiger partial charge in [0.15, 0.2) is 6.61 Å². The number of rotatable bonds is 4. The van der Waals surface area contributed by atoms with Crippen LogP contribution in [0.5, 0.6) is 11.5 Å². The lowest BCUT2D eigenvalue weighted by Gasteiger charge is -2.22. The monoisotopic (exact) mass is 364 g/mol. The zero-order valence-electron chi connectivity index (χ0n) is 16.0. The lowest BCUT2D eigenvalue weighted by molar-refractivity contribution is -0.133. The van der Waals surface area contributed by atoms with Gasteiger partial charge in [0.1, 0.15) is 11.5 Å². The minimum absolute atomic E-state index is 0.0126. The summed E-state index contributed by atoms with van der Waals surface area (Å²) in [4.78, 5) is 18.1. The number of methoxy groups -OCH3 is 1. The van der Waals surface area contributed by atoms with Gasteiger partial charge in [-0.15, -0.1) is 0 Å². The normalized spacial score (nSPS) is 13.5. The molecule has 5 nitrogen and oxygen atoms in total. The second-order valence-electron chi connectivity index (χ2n) is 7.06. The Balaban J connectivity index is 1.56. The summed E-state index contributed by atoms with van der Waals surface area (Å²) in [6.45, 7) is 5.35. The van der Waals surface area contributed by atoms with Gasteiger partial charge in [0, 0.05) is 28.7 Å². The number of carbonyl (C=O) groups is 1. The molecule has 1 aliphatic heterocycles. The van der Waals surface area contributed by atoms with E-state index in [-0.39, 0.29) is 12.5 Å². The largest absolute Gasteiger partial charge is 0.496 e. The van der Waals surface area contributed by atoms with Crippen molar-refractivity contribution in [3.05, 3.63) is 58.8 Å². The first-order valence-electron chi connectivity index (χ1n) is 9.21. The lowest BCUT2D eigenvalue weighted by Crippen LogP contribution is -2.35. The summed E-state index contributed by atoms with van der Waals surface area (Å²) >= 11 is 0. The van der Waals surface area contributed by atoms with Gasteiger partial charge in [0.25, 0.3) is 5.91 Å². The van der Waals surface area contributed by atoms with E-state index in [0.717, 1.165) is 28.9 Å². The highest BCUT2D eigenvalue weighted by atomic mass is 16.5. The van der Waals surface area contributed by atoms with Crippen LogP contribution in [-0.4, -0.2) is 36.1 Å². The number of hydrogen-bond acceptors (Lipinski definition) is 3. The number of carbonyl (C=O) groups excluding carboxylic acids is 1. The Morgan fingerprint density at radius 2 is 1.89 bits per heavy atom. The molecule has 2 aromatic carbocycles. The number of aromatic nitrogens is 1. The summed E-state index contributed by atoms with van der Waals surface area (Å²) in [5.74, 6) is 1.52. The fourth-order valence-corrected chi connectivity index (χ4v) is 3.80. The van der Waals surface area contributed by atoms with E-state index in [0.29, 0.717) is 18.8 Å². The smallest absolute Gasteiger partial charge is 0.260 e. The summed E-state index contributed by atoms with van der Waals surface area (Å²) in [6, 6.07) is 11.8. The molecule has 1 amide bonds. The Morgan fingerprint density at radius 3 is 2.63 bits per heavy atom. The molecular formula is C22H24N2O3. The fraction of sp³-hybridized carbons (Fsp3) is 0.318. The molecule has 0 atom stereocenters. The Kier molecular flexibility index (Phi) is 4.52. The van der Waals surface area contributed by atoms with E-state index in [1.807, 2.05) is 48.2 Å². The maximum Gasteiger partial charge on any atom is 0.260 e. The molecule has 0 fully saturated rings. The molecule has 0 saturated heterocycles. The SMILES string of the molecule is COc1ccc2[nH]c(C)c3c2c1CN(C(=O)COc1ccc(C)cc1)CC3. The molecule has 0 aliphatic carbocycles. The molecule has 1 aliphatic rings. The second-order valence-corrected chi connectivity index (χ2v) is 7.06. The molecule has 0 unspecified atom stereocenters. The van der Waals surface area contributed by atoms with Gasteiger partial charge in [0.05, 0.1) is 13.7 Å². The second kappa shape index (κ2) is 6.99. The molecule has 140 valence electrons. The highest BCUT2D eigenvalue weighted by molar-refractivity contribution is 5.91. The number of hydrogen-bond donors (Lipinski definition) is 1. The van der Waals surface area contributed by atoms with Crippen molar-refractivity contribution in [2.45, 2.75) is 26.8 Å². The maximum atomic E-state index is 12.8. The standard InChI is InChI=1S/C22H24N2O3/c1-14-4-6-16(7-5-14)27-13-21(25)24-11-10-17-15(2)23-19-8-9-20(26-3)18(12-24)22(17)19/h4-9,23H,10-13H2,1-3H3. The van der Waals surface area contributed by atoms with Crippen LogP contribution in [0.25, 0.3) is 10.9 Å². The molecule has 27 heavy (non-hydrogen) atoms. The van der Waals surface area contributed by atoms with Gasteiger partial charge in [-0.2, -0.15) is 0 Å². The van der Waals surface area contributed by atoms with Gasteiger partial charge in [-0.25, -0.2) is 0 Å². The minimum atomic E-state index is -0.0126. The molecule has 5 heteroatoms. The third-order valence-electron chi connectivity index (χ3n) is 5.28. The van der Waals surface area contributed by atoms with Gasteiger partial charge in [-0.1, -0.05) is 17.7 Å². The summed E-state index contributed by atoms with van der Waals surface area (Å²) < 4.78 is 11.3. The van der Waals surface area contributed by atoms with Crippen LogP contribution in [0, 0.1) is 13.8 Å². The van der Waals surface area contributed by atoms with E-state index >= 15 is 0 Å². The first kappa shape index (κ1) is 17.5. The van der Waals surface area contributed by atoms with Crippen LogP contribution in [0.15, 0.2) is 36.4 Å². The van der Waals surface area contributed by atoms with Gasteiger partial charge in [0.2, 0.25) is 0 Å². The summed E-state index contributed by atoms with van der Waals surface area (Å²) in [7, 11) is 1.68. The maximum absolute atomic E-state index is 12.8. The Hall–Kier alpha value is -2.95. The summed E-state index contributed by atoms with van der Waals surface area (Å²) in [5, 5.41) is 1.20. The van der Waals surface area contributed by atoms with Crippen molar-refractivity contribution in [3.8, 4) is 11.5 Å². The average molecular weight is 364 g/mol. The van der Waals surface area contributed by atoms with Crippen molar-refractivity contribution in [2.75, 3.05) is 20.3 Å². The Morgan fingerprint density at radius 1 is 1.11 bits per heavy atom. The van der Waals surface area contributed by atoms with Crippen LogP contribution >= 0.6 is 0 Å². The van der Waals surface area contributed by atoms with Crippen molar-refractivity contribution in [1.29, 1.82) is 0 Å². The molecular weight excluding hydrogens is 340 g/mol. The molecule has 3 aromatic rings. The average Bonchev–Trinajstić information content (AvgIpc) is 2.86. The number of H-pyrrole nitrogens is 1. The third-order valence-corrected chi connectivity index (χ3v) is 5.28. The van der Waals surface area contributed by atoms with E-state index in [4.69, 9.17) is 9.47 Å². The van der Waals surface area contributed by atoms with Crippen molar-refractivity contribution < 1.29 is 14.3 Å². The molecule has 0 bridgehead atoms. The van der Waals surface area contributed by atoms with Crippen molar-refractivity contribution in [2.24, 2.45) is 0 Å². The van der Waals surface area contributed by atoms with Gasteiger partial charge in [-0.05, 0) is 50.1 Å². The zero-order chi connectivity index (χ0) is 19.0. The van der Waals surface area contributed by atoms with Crippen LogP contribution in [0.3, 0.4) is 0 Å². The number of aromatic amines is 1. The highest BCUT2D eigenvalue weighted by Gasteiger charge is 2.25. The van der Waals surface area contributed by atoms with E-state index < -0.39 is 0 Å². The van der Waals surface area contributed by atoms with Crippen LogP contribution < -0.4 is 9.47 Å². The predicted octanol–water partition coefficient (Wildman–Crippen LogP) is 3.76. The van der Waals surface area contributed by atoms with Crippen LogP contribution in [0.4, 0.5) is 0 Å². The zero-order valence-corrected chi connectivity index (χ0v) is 16.0.